The monoisotopic (exact) mass is 399 g/mol. The molecule has 4 rings (SSSR count). The van der Waals surface area contributed by atoms with E-state index in [9.17, 15) is 9.90 Å². The number of allylic oxidation sites excluding steroid dienone is 1. The van der Waals surface area contributed by atoms with Gasteiger partial charge in [-0.3, -0.25) is 4.79 Å². The largest absolute Gasteiger partial charge is 0.389 e. The van der Waals surface area contributed by atoms with Crippen LogP contribution >= 0.6 is 11.6 Å². The number of aliphatic hydroxyl groups is 1. The van der Waals surface area contributed by atoms with Crippen LogP contribution in [0.15, 0.2) is 36.4 Å². The van der Waals surface area contributed by atoms with Gasteiger partial charge in [0.05, 0.1) is 16.8 Å². The van der Waals surface area contributed by atoms with Gasteiger partial charge < -0.3 is 10.4 Å². The van der Waals surface area contributed by atoms with Crippen molar-refractivity contribution < 1.29 is 9.90 Å². The normalized spacial score (nSPS) is 35.5. The van der Waals surface area contributed by atoms with E-state index < -0.39 is 6.10 Å². The van der Waals surface area contributed by atoms with E-state index in [2.05, 4.69) is 32.7 Å². The number of rotatable bonds is 2. The van der Waals surface area contributed by atoms with Crippen LogP contribution in [0.3, 0.4) is 0 Å². The van der Waals surface area contributed by atoms with Gasteiger partial charge in [0.15, 0.2) is 0 Å². The summed E-state index contributed by atoms with van der Waals surface area (Å²) in [5.41, 5.74) is 3.49. The van der Waals surface area contributed by atoms with Crippen molar-refractivity contribution in [2.75, 3.05) is 5.32 Å². The fourth-order valence-corrected chi connectivity index (χ4v) is 6.46. The van der Waals surface area contributed by atoms with Gasteiger partial charge >= 0.3 is 0 Å². The van der Waals surface area contributed by atoms with Crippen molar-refractivity contribution in [1.82, 2.24) is 0 Å². The van der Waals surface area contributed by atoms with Gasteiger partial charge in [0.2, 0.25) is 0 Å². The molecule has 4 heteroatoms. The van der Waals surface area contributed by atoms with Gasteiger partial charge in [-0.15, -0.1) is 0 Å². The Labute approximate surface area is 172 Å². The Morgan fingerprint density at radius 3 is 2.82 bits per heavy atom. The Morgan fingerprint density at radius 1 is 1.32 bits per heavy atom. The second-order valence-electron chi connectivity index (χ2n) is 9.75. The maximum atomic E-state index is 12.6. The van der Waals surface area contributed by atoms with Crippen LogP contribution in [-0.2, 0) is 4.79 Å². The lowest BCUT2D eigenvalue weighted by Crippen LogP contribution is -2.52. The van der Waals surface area contributed by atoms with E-state index in [4.69, 9.17) is 11.6 Å². The Bertz CT molecular complexity index is 871. The predicted octanol–water partition coefficient (Wildman–Crippen LogP) is 5.84. The van der Waals surface area contributed by atoms with Crippen molar-refractivity contribution in [1.29, 1.82) is 0 Å². The molecule has 1 amide bonds. The molecule has 1 aliphatic heterocycles. The molecule has 1 heterocycles. The molecule has 1 aromatic rings. The average Bonchev–Trinajstić information content (AvgIpc) is 2.94. The minimum atomic E-state index is -0.460. The number of hydrogen-bond donors (Lipinski definition) is 2. The number of anilines is 1. The molecule has 0 radical (unpaired) electrons. The molecule has 2 aliphatic carbocycles. The van der Waals surface area contributed by atoms with Gasteiger partial charge in [0, 0.05) is 11.1 Å². The molecule has 3 nitrogen and oxygen atoms in total. The summed E-state index contributed by atoms with van der Waals surface area (Å²) in [7, 11) is 0. The number of hydrogen-bond acceptors (Lipinski definition) is 2. The first-order valence-corrected chi connectivity index (χ1v) is 10.7. The quantitative estimate of drug-likeness (QED) is 0.485. The van der Waals surface area contributed by atoms with Crippen LogP contribution in [0.5, 0.6) is 0 Å². The molecule has 0 spiro atoms. The predicted molar refractivity (Wildman–Crippen MR) is 115 cm³/mol. The molecule has 0 aromatic heterocycles. The highest BCUT2D eigenvalue weighted by atomic mass is 35.5. The van der Waals surface area contributed by atoms with E-state index in [0.29, 0.717) is 28.6 Å². The number of amides is 1. The Morgan fingerprint density at radius 2 is 2.07 bits per heavy atom. The Balaban J connectivity index is 1.69. The van der Waals surface area contributed by atoms with Gasteiger partial charge in [-0.05, 0) is 60.0 Å². The molecule has 2 N–H and O–H groups in total. The molecule has 0 unspecified atom stereocenters. The van der Waals surface area contributed by atoms with Crippen molar-refractivity contribution in [3.63, 3.8) is 0 Å². The van der Waals surface area contributed by atoms with Crippen LogP contribution in [0.1, 0.15) is 58.4 Å². The zero-order valence-corrected chi connectivity index (χ0v) is 17.8. The second kappa shape index (κ2) is 6.74. The number of benzene rings is 1. The van der Waals surface area contributed by atoms with Crippen molar-refractivity contribution in [2.45, 2.75) is 59.0 Å². The van der Waals surface area contributed by atoms with Crippen LogP contribution < -0.4 is 5.32 Å². The second-order valence-corrected chi connectivity index (χ2v) is 10.2. The van der Waals surface area contributed by atoms with Crippen molar-refractivity contribution in [3.8, 4) is 0 Å². The molecular formula is C24H30ClNO2. The minimum absolute atomic E-state index is 0.0986. The molecule has 4 atom stereocenters. The highest BCUT2D eigenvalue weighted by Crippen LogP contribution is 2.61. The van der Waals surface area contributed by atoms with Crippen molar-refractivity contribution in [2.24, 2.45) is 22.7 Å². The summed E-state index contributed by atoms with van der Waals surface area (Å²) < 4.78 is 0. The molecule has 1 aromatic carbocycles. The SMILES string of the molecule is C=C1[C@H](O)C[C@H]2C(C)(C)CCC[C@]2(C)[C@H]1C/C=C1/C(=O)Nc2c(Cl)cccc21. The molecule has 150 valence electrons. The van der Waals surface area contributed by atoms with Crippen LogP contribution in [0.25, 0.3) is 5.57 Å². The molecule has 28 heavy (non-hydrogen) atoms. The lowest BCUT2D eigenvalue weighted by Gasteiger charge is -2.59. The zero-order chi connectivity index (χ0) is 20.3. The van der Waals surface area contributed by atoms with E-state index in [0.717, 1.165) is 24.0 Å². The Kier molecular flexibility index (Phi) is 4.75. The van der Waals surface area contributed by atoms with E-state index in [1.807, 2.05) is 18.2 Å². The van der Waals surface area contributed by atoms with Gasteiger partial charge in [0.25, 0.3) is 5.91 Å². The Hall–Kier alpha value is -1.58. The summed E-state index contributed by atoms with van der Waals surface area (Å²) in [5, 5.41) is 14.2. The van der Waals surface area contributed by atoms with Gasteiger partial charge in [-0.1, -0.05) is 63.6 Å². The van der Waals surface area contributed by atoms with E-state index in [1.165, 1.54) is 12.8 Å². The zero-order valence-electron chi connectivity index (χ0n) is 17.0. The molecule has 3 aliphatic rings. The minimum Gasteiger partial charge on any atom is -0.389 e. The van der Waals surface area contributed by atoms with Crippen molar-refractivity contribution >= 4 is 28.8 Å². The van der Waals surface area contributed by atoms with Crippen LogP contribution in [0.4, 0.5) is 5.69 Å². The van der Waals surface area contributed by atoms with Gasteiger partial charge in [0.1, 0.15) is 0 Å². The molecule has 0 saturated heterocycles. The fraction of sp³-hybridized carbons (Fsp3) is 0.542. The first kappa shape index (κ1) is 19.7. The third-order valence-corrected chi connectivity index (χ3v) is 8.07. The summed E-state index contributed by atoms with van der Waals surface area (Å²) in [6.07, 6.45) is 6.65. The molecule has 2 fully saturated rings. The van der Waals surface area contributed by atoms with Gasteiger partial charge in [-0.25, -0.2) is 0 Å². The number of fused-ring (bicyclic) bond motifs is 2. The third kappa shape index (κ3) is 2.95. The summed E-state index contributed by atoms with van der Waals surface area (Å²) in [6.45, 7) is 11.3. The molecular weight excluding hydrogens is 370 g/mol. The highest BCUT2D eigenvalue weighted by molar-refractivity contribution is 6.39. The maximum Gasteiger partial charge on any atom is 0.256 e. The van der Waals surface area contributed by atoms with E-state index in [1.54, 1.807) is 6.07 Å². The number of para-hydroxylation sites is 1. The molecule has 0 bridgehead atoms. The summed E-state index contributed by atoms with van der Waals surface area (Å²) >= 11 is 6.25. The van der Waals surface area contributed by atoms with Crippen LogP contribution in [0, 0.1) is 22.7 Å². The van der Waals surface area contributed by atoms with Crippen LogP contribution in [-0.4, -0.2) is 17.1 Å². The fourth-order valence-electron chi connectivity index (χ4n) is 6.24. The maximum absolute atomic E-state index is 12.6. The third-order valence-electron chi connectivity index (χ3n) is 7.75. The lowest BCUT2D eigenvalue weighted by molar-refractivity contribution is -0.110. The van der Waals surface area contributed by atoms with Crippen LogP contribution in [0.2, 0.25) is 5.02 Å². The highest BCUT2D eigenvalue weighted by Gasteiger charge is 2.54. The summed E-state index contributed by atoms with van der Waals surface area (Å²) in [5.74, 6) is 0.525. The number of carbonyl (C=O) groups excluding carboxylic acids is 1. The van der Waals surface area contributed by atoms with Crippen molar-refractivity contribution in [3.05, 3.63) is 47.0 Å². The topological polar surface area (TPSA) is 49.3 Å². The molecule has 2 saturated carbocycles. The summed E-state index contributed by atoms with van der Waals surface area (Å²) in [6, 6.07) is 5.60. The standard InChI is InChI=1S/C24H30ClNO2/c1-14-17(24(4)12-6-11-23(2,3)20(24)13-19(14)27)10-9-16-15-7-5-8-18(25)21(15)26-22(16)28/h5,7-9,17,19-20,27H,1,6,10-13H2,2-4H3,(H,26,28)/b16-9+/t17-,19+,20-,24+/m0/s1. The summed E-state index contributed by atoms with van der Waals surface area (Å²) in [4.78, 5) is 12.6. The first-order valence-electron chi connectivity index (χ1n) is 10.3. The average molecular weight is 400 g/mol. The number of aliphatic hydroxyl groups excluding tert-OH is 1. The first-order chi connectivity index (χ1) is 13.1. The van der Waals surface area contributed by atoms with Gasteiger partial charge in [-0.2, -0.15) is 0 Å². The van der Waals surface area contributed by atoms with E-state index in [-0.39, 0.29) is 22.7 Å². The smallest absolute Gasteiger partial charge is 0.256 e. The lowest BCUT2D eigenvalue weighted by atomic mass is 9.46. The number of halogens is 1. The number of carbonyl (C=O) groups is 1. The van der Waals surface area contributed by atoms with E-state index >= 15 is 0 Å². The number of nitrogens with one attached hydrogen (secondary N) is 1.